The molecule has 20 heavy (non-hydrogen) atoms. The topological polar surface area (TPSA) is 37.8 Å². The van der Waals surface area contributed by atoms with E-state index in [4.69, 9.17) is 4.98 Å². The Bertz CT molecular complexity index is 628. The number of nitrogens with zero attached hydrogens (tertiary/aromatic N) is 2. The molecular weight excluding hydrogens is 246 g/mol. The van der Waals surface area contributed by atoms with Gasteiger partial charge in [0.05, 0.1) is 5.69 Å². The zero-order valence-corrected chi connectivity index (χ0v) is 12.4. The molecular formula is C17H21N3. The normalized spacial score (nSPS) is 18.4. The molecule has 0 radical (unpaired) electrons. The zero-order valence-electron chi connectivity index (χ0n) is 12.4. The molecule has 3 rings (SSSR count). The highest BCUT2D eigenvalue weighted by Gasteiger charge is 2.20. The minimum Gasteiger partial charge on any atom is -0.316 e. The van der Waals surface area contributed by atoms with Gasteiger partial charge in [-0.15, -0.1) is 0 Å². The Labute approximate surface area is 120 Å². The lowest BCUT2D eigenvalue weighted by atomic mass is 9.96. The molecule has 0 aliphatic carbocycles. The molecule has 2 heterocycles. The summed E-state index contributed by atoms with van der Waals surface area (Å²) in [6, 6.07) is 6.37. The third kappa shape index (κ3) is 2.34. The minimum absolute atomic E-state index is 0.460. The molecule has 104 valence electrons. The van der Waals surface area contributed by atoms with Crippen LogP contribution in [0.5, 0.6) is 0 Å². The molecule has 3 heteroatoms. The van der Waals surface area contributed by atoms with E-state index in [1.807, 2.05) is 12.3 Å². The average Bonchev–Trinajstić information content (AvgIpc) is 2.99. The fourth-order valence-electron chi connectivity index (χ4n) is 2.83. The third-order valence-electron chi connectivity index (χ3n) is 4.43. The zero-order chi connectivity index (χ0) is 14.1. The maximum Gasteiger partial charge on any atom is 0.133 e. The van der Waals surface area contributed by atoms with E-state index in [9.17, 15) is 0 Å². The first kappa shape index (κ1) is 13.3. The summed E-state index contributed by atoms with van der Waals surface area (Å²) in [6.07, 6.45) is 3.03. The lowest BCUT2D eigenvalue weighted by Crippen LogP contribution is -2.10. The first-order valence-electron chi connectivity index (χ1n) is 7.27. The molecule has 0 saturated carbocycles. The molecule has 1 fully saturated rings. The van der Waals surface area contributed by atoms with Crippen LogP contribution in [0.1, 0.15) is 34.9 Å². The molecule has 1 aromatic carbocycles. The molecule has 1 atom stereocenters. The molecule has 1 N–H and O–H groups in total. The summed E-state index contributed by atoms with van der Waals surface area (Å²) in [5.41, 5.74) is 6.27. The number of benzene rings is 1. The van der Waals surface area contributed by atoms with E-state index < -0.39 is 0 Å². The second kappa shape index (κ2) is 5.33. The van der Waals surface area contributed by atoms with Crippen LogP contribution in [0.4, 0.5) is 0 Å². The number of nitrogens with one attached hydrogen (secondary N) is 1. The van der Waals surface area contributed by atoms with Gasteiger partial charge in [0.2, 0.25) is 0 Å². The van der Waals surface area contributed by atoms with Gasteiger partial charge in [0, 0.05) is 24.2 Å². The summed E-state index contributed by atoms with van der Waals surface area (Å²) in [5.74, 6) is 1.44. The van der Waals surface area contributed by atoms with Gasteiger partial charge >= 0.3 is 0 Å². The third-order valence-corrected chi connectivity index (χ3v) is 4.43. The predicted octanol–water partition coefficient (Wildman–Crippen LogP) is 3.15. The minimum atomic E-state index is 0.460. The van der Waals surface area contributed by atoms with Crippen molar-refractivity contribution in [1.29, 1.82) is 0 Å². The van der Waals surface area contributed by atoms with Gasteiger partial charge in [0.15, 0.2) is 0 Å². The molecule has 2 aromatic rings. The van der Waals surface area contributed by atoms with Crippen molar-refractivity contribution in [2.24, 2.45) is 0 Å². The number of hydrogen-bond donors (Lipinski definition) is 1. The first-order valence-corrected chi connectivity index (χ1v) is 7.27. The molecule has 0 bridgehead atoms. The highest BCUT2D eigenvalue weighted by atomic mass is 15.0. The second-order valence-corrected chi connectivity index (χ2v) is 5.67. The van der Waals surface area contributed by atoms with Gasteiger partial charge in [-0.2, -0.15) is 0 Å². The van der Waals surface area contributed by atoms with Gasteiger partial charge in [0.1, 0.15) is 5.82 Å². The molecule has 0 amide bonds. The van der Waals surface area contributed by atoms with Gasteiger partial charge in [-0.3, -0.25) is 0 Å². The van der Waals surface area contributed by atoms with Crippen molar-refractivity contribution in [3.05, 3.63) is 46.9 Å². The lowest BCUT2D eigenvalue weighted by Gasteiger charge is -2.13. The van der Waals surface area contributed by atoms with Crippen molar-refractivity contribution in [2.75, 3.05) is 13.1 Å². The van der Waals surface area contributed by atoms with Crippen LogP contribution in [0.25, 0.3) is 11.3 Å². The number of aromatic nitrogens is 2. The monoisotopic (exact) mass is 267 g/mol. The van der Waals surface area contributed by atoms with Crippen molar-refractivity contribution in [2.45, 2.75) is 33.1 Å². The van der Waals surface area contributed by atoms with Crippen LogP contribution in [0.2, 0.25) is 0 Å². The van der Waals surface area contributed by atoms with Crippen LogP contribution in [-0.4, -0.2) is 23.1 Å². The van der Waals surface area contributed by atoms with E-state index in [1.54, 1.807) is 0 Å². The Balaban J connectivity index is 2.02. The van der Waals surface area contributed by atoms with E-state index in [0.717, 1.165) is 31.0 Å². The Kier molecular flexibility index (Phi) is 3.53. The Morgan fingerprint density at radius 1 is 1.10 bits per heavy atom. The van der Waals surface area contributed by atoms with Crippen molar-refractivity contribution < 1.29 is 0 Å². The van der Waals surface area contributed by atoms with Crippen LogP contribution in [0.15, 0.2) is 24.4 Å². The van der Waals surface area contributed by atoms with Crippen molar-refractivity contribution in [3.63, 3.8) is 0 Å². The fraction of sp³-hybridized carbons (Fsp3) is 0.412. The van der Waals surface area contributed by atoms with Crippen molar-refractivity contribution >= 4 is 0 Å². The Morgan fingerprint density at radius 3 is 2.70 bits per heavy atom. The summed E-state index contributed by atoms with van der Waals surface area (Å²) < 4.78 is 0. The van der Waals surface area contributed by atoms with E-state index in [2.05, 4.69) is 43.2 Å². The molecule has 0 spiro atoms. The number of aryl methyl sites for hydroxylation is 1. The van der Waals surface area contributed by atoms with Gasteiger partial charge in [-0.05, 0) is 56.5 Å². The summed E-state index contributed by atoms with van der Waals surface area (Å²) in [4.78, 5) is 9.27. The quantitative estimate of drug-likeness (QED) is 0.908. The SMILES string of the molecule is Cc1ccc(-c2ccnc(C3CCNC3)n2)c(C)c1C. The smallest absolute Gasteiger partial charge is 0.133 e. The standard InChI is InChI=1S/C17H21N3/c1-11-4-5-15(13(3)12(11)2)16-7-9-19-17(20-16)14-6-8-18-10-14/h4-5,7,9,14,18H,6,8,10H2,1-3H3. The lowest BCUT2D eigenvalue weighted by molar-refractivity contribution is 0.703. The second-order valence-electron chi connectivity index (χ2n) is 5.67. The van der Waals surface area contributed by atoms with Crippen LogP contribution in [0, 0.1) is 20.8 Å². The van der Waals surface area contributed by atoms with Gasteiger partial charge in [-0.1, -0.05) is 12.1 Å². The number of rotatable bonds is 2. The maximum absolute atomic E-state index is 4.81. The summed E-state index contributed by atoms with van der Waals surface area (Å²) in [6.45, 7) is 8.58. The van der Waals surface area contributed by atoms with E-state index in [1.165, 1.54) is 22.3 Å². The van der Waals surface area contributed by atoms with Gasteiger partial charge in [0.25, 0.3) is 0 Å². The van der Waals surface area contributed by atoms with Crippen LogP contribution in [0.3, 0.4) is 0 Å². The highest BCUT2D eigenvalue weighted by molar-refractivity contribution is 5.65. The Morgan fingerprint density at radius 2 is 1.95 bits per heavy atom. The summed E-state index contributed by atoms with van der Waals surface area (Å²) in [5, 5.41) is 3.38. The molecule has 1 aliphatic heterocycles. The van der Waals surface area contributed by atoms with E-state index in [-0.39, 0.29) is 0 Å². The highest BCUT2D eigenvalue weighted by Crippen LogP contribution is 2.27. The molecule has 1 saturated heterocycles. The largest absolute Gasteiger partial charge is 0.316 e. The molecule has 1 aliphatic rings. The van der Waals surface area contributed by atoms with Crippen LogP contribution >= 0.6 is 0 Å². The fourth-order valence-corrected chi connectivity index (χ4v) is 2.83. The number of hydrogen-bond acceptors (Lipinski definition) is 3. The van der Waals surface area contributed by atoms with Crippen molar-refractivity contribution in [1.82, 2.24) is 15.3 Å². The van der Waals surface area contributed by atoms with Gasteiger partial charge in [-0.25, -0.2) is 9.97 Å². The van der Waals surface area contributed by atoms with E-state index in [0.29, 0.717) is 5.92 Å². The molecule has 1 unspecified atom stereocenters. The Hall–Kier alpha value is -1.74. The van der Waals surface area contributed by atoms with Crippen molar-refractivity contribution in [3.8, 4) is 11.3 Å². The molecule has 1 aromatic heterocycles. The van der Waals surface area contributed by atoms with E-state index >= 15 is 0 Å². The average molecular weight is 267 g/mol. The predicted molar refractivity (Wildman–Crippen MR) is 81.9 cm³/mol. The van der Waals surface area contributed by atoms with Crippen LogP contribution < -0.4 is 5.32 Å². The molecule has 3 nitrogen and oxygen atoms in total. The maximum atomic E-state index is 4.81. The first-order chi connectivity index (χ1) is 9.66. The van der Waals surface area contributed by atoms with Crippen LogP contribution in [-0.2, 0) is 0 Å². The van der Waals surface area contributed by atoms with Gasteiger partial charge < -0.3 is 5.32 Å². The summed E-state index contributed by atoms with van der Waals surface area (Å²) in [7, 11) is 0. The summed E-state index contributed by atoms with van der Waals surface area (Å²) >= 11 is 0.